The first-order chi connectivity index (χ1) is 14.6. The Labute approximate surface area is 177 Å². The molecule has 0 saturated heterocycles. The van der Waals surface area contributed by atoms with Crippen LogP contribution in [-0.4, -0.2) is 19.9 Å². The maximum atomic E-state index is 14.2. The number of aromatic nitrogens is 4. The number of benzene rings is 1. The second-order valence-electron chi connectivity index (χ2n) is 7.18. The molecule has 2 heterocycles. The fourth-order valence-electron chi connectivity index (χ4n) is 3.59. The standard InChI is InChI=1S/C24H29FN4O/c1-5-9-15-18(6-2)29-22(17-13-11-10-12-14-17)20(16-26-29)23-27-24(30-28-23)19(7-3)21(25)8-4/h7-8,10-14,16,18H,5-6,9,15H2,1-4H3. The molecule has 0 aliphatic heterocycles. The highest BCUT2D eigenvalue weighted by molar-refractivity contribution is 5.79. The van der Waals surface area contributed by atoms with Gasteiger partial charge in [-0.15, -0.1) is 0 Å². The zero-order valence-corrected chi connectivity index (χ0v) is 18.1. The first kappa shape index (κ1) is 21.7. The Morgan fingerprint density at radius 1 is 1.17 bits per heavy atom. The molecule has 0 fully saturated rings. The lowest BCUT2D eigenvalue weighted by Crippen LogP contribution is -2.11. The molecule has 0 aliphatic rings. The highest BCUT2D eigenvalue weighted by atomic mass is 19.1. The van der Waals surface area contributed by atoms with Crippen molar-refractivity contribution in [1.82, 2.24) is 19.9 Å². The summed E-state index contributed by atoms with van der Waals surface area (Å²) in [5.74, 6) is 0.175. The molecule has 0 bridgehead atoms. The van der Waals surface area contributed by atoms with Gasteiger partial charge >= 0.3 is 0 Å². The predicted octanol–water partition coefficient (Wildman–Crippen LogP) is 7.02. The maximum Gasteiger partial charge on any atom is 0.260 e. The second kappa shape index (κ2) is 10.1. The zero-order chi connectivity index (χ0) is 21.5. The number of rotatable bonds is 9. The number of nitrogens with zero attached hydrogens (tertiary/aromatic N) is 4. The Hall–Kier alpha value is -3.02. The van der Waals surface area contributed by atoms with Crippen molar-refractivity contribution < 1.29 is 8.91 Å². The topological polar surface area (TPSA) is 56.7 Å². The van der Waals surface area contributed by atoms with Crippen LogP contribution in [0.15, 0.2) is 59.0 Å². The van der Waals surface area contributed by atoms with Crippen LogP contribution in [0.2, 0.25) is 0 Å². The highest BCUT2D eigenvalue weighted by Gasteiger charge is 2.24. The van der Waals surface area contributed by atoms with Crippen LogP contribution in [0.4, 0.5) is 4.39 Å². The van der Waals surface area contributed by atoms with Gasteiger partial charge in [-0.1, -0.05) is 74.3 Å². The fraction of sp³-hybridized carbons (Fsp3) is 0.375. The minimum Gasteiger partial charge on any atom is -0.334 e. The third-order valence-electron chi connectivity index (χ3n) is 5.25. The van der Waals surface area contributed by atoms with Crippen molar-refractivity contribution in [3.8, 4) is 22.6 Å². The molecule has 1 unspecified atom stereocenters. The maximum absolute atomic E-state index is 14.2. The summed E-state index contributed by atoms with van der Waals surface area (Å²) in [6.45, 7) is 7.76. The van der Waals surface area contributed by atoms with Crippen molar-refractivity contribution >= 4 is 5.57 Å². The van der Waals surface area contributed by atoms with Crippen molar-refractivity contribution in [3.05, 3.63) is 60.4 Å². The normalized spacial score (nSPS) is 13.6. The van der Waals surface area contributed by atoms with Gasteiger partial charge in [-0.05, 0) is 26.7 Å². The summed E-state index contributed by atoms with van der Waals surface area (Å²) in [7, 11) is 0. The lowest BCUT2D eigenvalue weighted by atomic mass is 10.0. The molecule has 0 spiro atoms. The molecular formula is C24H29FN4O. The van der Waals surface area contributed by atoms with Crippen molar-refractivity contribution in [1.29, 1.82) is 0 Å². The van der Waals surface area contributed by atoms with E-state index in [-0.39, 0.29) is 11.9 Å². The van der Waals surface area contributed by atoms with Crippen LogP contribution in [0.3, 0.4) is 0 Å². The molecule has 0 saturated carbocycles. The van der Waals surface area contributed by atoms with Gasteiger partial charge in [0.15, 0.2) is 0 Å². The molecule has 3 aromatic rings. The fourth-order valence-corrected chi connectivity index (χ4v) is 3.59. The van der Waals surface area contributed by atoms with Crippen molar-refractivity contribution in [2.45, 2.75) is 59.4 Å². The van der Waals surface area contributed by atoms with E-state index in [1.54, 1.807) is 26.1 Å². The van der Waals surface area contributed by atoms with Gasteiger partial charge in [-0.25, -0.2) is 4.39 Å². The van der Waals surface area contributed by atoms with Crippen LogP contribution in [0.25, 0.3) is 28.2 Å². The van der Waals surface area contributed by atoms with E-state index in [9.17, 15) is 4.39 Å². The van der Waals surface area contributed by atoms with Gasteiger partial charge in [0.2, 0.25) is 5.82 Å². The van der Waals surface area contributed by atoms with Crippen LogP contribution in [0, 0.1) is 0 Å². The van der Waals surface area contributed by atoms with Gasteiger partial charge < -0.3 is 4.52 Å². The molecular weight excluding hydrogens is 379 g/mol. The summed E-state index contributed by atoms with van der Waals surface area (Å²) >= 11 is 0. The number of allylic oxidation sites excluding steroid dienone is 4. The average molecular weight is 409 g/mol. The van der Waals surface area contributed by atoms with Crippen LogP contribution >= 0.6 is 0 Å². The summed E-state index contributed by atoms with van der Waals surface area (Å²) in [6.07, 6.45) is 9.11. The highest BCUT2D eigenvalue weighted by Crippen LogP contribution is 2.35. The van der Waals surface area contributed by atoms with E-state index >= 15 is 0 Å². The van der Waals surface area contributed by atoms with Gasteiger partial charge in [-0.2, -0.15) is 10.1 Å². The smallest absolute Gasteiger partial charge is 0.260 e. The third kappa shape index (κ3) is 4.42. The molecule has 158 valence electrons. The van der Waals surface area contributed by atoms with Gasteiger partial charge in [0, 0.05) is 5.56 Å². The molecule has 1 aromatic carbocycles. The Kier molecular flexibility index (Phi) is 7.33. The van der Waals surface area contributed by atoms with Gasteiger partial charge in [0.25, 0.3) is 5.89 Å². The minimum absolute atomic E-state index is 0.160. The van der Waals surface area contributed by atoms with Crippen molar-refractivity contribution in [3.63, 3.8) is 0 Å². The van der Waals surface area contributed by atoms with E-state index in [0.29, 0.717) is 11.4 Å². The molecule has 6 heteroatoms. The number of halogens is 1. The molecule has 0 radical (unpaired) electrons. The summed E-state index contributed by atoms with van der Waals surface area (Å²) in [5, 5.41) is 8.86. The third-order valence-corrected chi connectivity index (χ3v) is 5.25. The molecule has 30 heavy (non-hydrogen) atoms. The number of hydrogen-bond acceptors (Lipinski definition) is 4. The monoisotopic (exact) mass is 408 g/mol. The summed E-state index contributed by atoms with van der Waals surface area (Å²) < 4.78 is 21.6. The van der Waals surface area contributed by atoms with Crippen LogP contribution in [-0.2, 0) is 0 Å². The molecule has 3 rings (SSSR count). The molecule has 1 atom stereocenters. The Balaban J connectivity index is 2.10. The van der Waals surface area contributed by atoms with E-state index < -0.39 is 5.83 Å². The van der Waals surface area contributed by atoms with Crippen LogP contribution in [0.5, 0.6) is 0 Å². The Bertz CT molecular complexity index is 1020. The second-order valence-corrected chi connectivity index (χ2v) is 7.18. The van der Waals surface area contributed by atoms with Crippen LogP contribution in [0.1, 0.15) is 65.3 Å². The first-order valence-corrected chi connectivity index (χ1v) is 10.6. The lowest BCUT2D eigenvalue weighted by Gasteiger charge is -2.19. The van der Waals surface area contributed by atoms with E-state index in [0.717, 1.165) is 42.5 Å². The zero-order valence-electron chi connectivity index (χ0n) is 18.1. The van der Waals surface area contributed by atoms with Gasteiger partial charge in [0.1, 0.15) is 5.83 Å². The molecule has 0 aliphatic carbocycles. The molecule has 2 aromatic heterocycles. The Morgan fingerprint density at radius 2 is 1.93 bits per heavy atom. The number of hydrogen-bond donors (Lipinski definition) is 0. The quantitative estimate of drug-likeness (QED) is 0.357. The van der Waals surface area contributed by atoms with E-state index in [4.69, 9.17) is 9.62 Å². The minimum atomic E-state index is -0.391. The average Bonchev–Trinajstić information content (AvgIpc) is 3.43. The van der Waals surface area contributed by atoms with E-state index in [1.165, 1.54) is 6.08 Å². The van der Waals surface area contributed by atoms with Gasteiger partial charge in [-0.3, -0.25) is 4.68 Å². The Morgan fingerprint density at radius 3 is 2.57 bits per heavy atom. The lowest BCUT2D eigenvalue weighted by molar-refractivity contribution is 0.404. The summed E-state index contributed by atoms with van der Waals surface area (Å²) in [6, 6.07) is 10.4. The SMILES string of the molecule is CC=C(F)C(=CC)c1nc(-c2cnn(C(CC)CCCC)c2-c2ccccc2)no1. The molecule has 0 amide bonds. The van der Waals surface area contributed by atoms with Crippen molar-refractivity contribution in [2.75, 3.05) is 0 Å². The number of unbranched alkanes of at least 4 members (excludes halogenated alkanes) is 1. The van der Waals surface area contributed by atoms with Gasteiger partial charge in [0.05, 0.1) is 29.1 Å². The predicted molar refractivity (Wildman–Crippen MR) is 118 cm³/mol. The molecule has 0 N–H and O–H groups in total. The first-order valence-electron chi connectivity index (χ1n) is 10.6. The van der Waals surface area contributed by atoms with E-state index in [1.807, 2.05) is 18.2 Å². The van der Waals surface area contributed by atoms with E-state index in [2.05, 4.69) is 40.8 Å². The summed E-state index contributed by atoms with van der Waals surface area (Å²) in [4.78, 5) is 4.49. The largest absolute Gasteiger partial charge is 0.334 e. The van der Waals surface area contributed by atoms with Crippen molar-refractivity contribution in [2.24, 2.45) is 0 Å². The van der Waals surface area contributed by atoms with Crippen LogP contribution < -0.4 is 0 Å². The molecule has 5 nitrogen and oxygen atoms in total. The summed E-state index contributed by atoms with van der Waals surface area (Å²) in [5.41, 5.74) is 3.07.